The van der Waals surface area contributed by atoms with Crippen molar-refractivity contribution in [2.75, 3.05) is 0 Å². The van der Waals surface area contributed by atoms with Crippen molar-refractivity contribution in [2.24, 2.45) is 0 Å². The van der Waals surface area contributed by atoms with Gasteiger partial charge in [0, 0.05) is 5.56 Å². The molecule has 0 spiro atoms. The fourth-order valence-corrected chi connectivity index (χ4v) is 1.17. The molecule has 13 heavy (non-hydrogen) atoms. The summed E-state index contributed by atoms with van der Waals surface area (Å²) in [6.45, 7) is 4.00. The van der Waals surface area contributed by atoms with Crippen molar-refractivity contribution >= 4 is 0 Å². The van der Waals surface area contributed by atoms with Gasteiger partial charge in [0.15, 0.2) is 0 Å². The Hall–Kier alpha value is -1.12. The molecule has 1 heterocycles. The molecule has 3 heteroatoms. The van der Waals surface area contributed by atoms with Crippen molar-refractivity contribution in [3.05, 3.63) is 29.8 Å². The third kappa shape index (κ3) is 2.17. The maximum atomic E-state index is 12.5. The van der Waals surface area contributed by atoms with E-state index in [1.165, 1.54) is 0 Å². The van der Waals surface area contributed by atoms with Gasteiger partial charge in [-0.3, -0.25) is 0 Å². The van der Waals surface area contributed by atoms with Gasteiger partial charge in [0.05, 0.1) is 6.42 Å². The summed E-state index contributed by atoms with van der Waals surface area (Å²) >= 11 is 0. The van der Waals surface area contributed by atoms with Crippen LogP contribution in [0.4, 0.5) is 8.78 Å². The fourth-order valence-electron chi connectivity index (χ4n) is 1.17. The zero-order valence-corrected chi connectivity index (χ0v) is 7.68. The summed E-state index contributed by atoms with van der Waals surface area (Å²) in [4.78, 5) is 0. The Morgan fingerprint density at radius 2 is 1.85 bits per heavy atom. The van der Waals surface area contributed by atoms with Gasteiger partial charge in [0.1, 0.15) is 5.75 Å². The van der Waals surface area contributed by atoms with Crippen molar-refractivity contribution in [1.29, 1.82) is 0 Å². The molecular formula is C10H12F2O. The van der Waals surface area contributed by atoms with Gasteiger partial charge >= 0.3 is 6.11 Å². The highest BCUT2D eigenvalue weighted by Gasteiger charge is 2.39. The SMILES string of the molecule is CC.FC1(F)Cc2ccccc2O1. The van der Waals surface area contributed by atoms with E-state index >= 15 is 0 Å². The zero-order valence-electron chi connectivity index (χ0n) is 7.68. The lowest BCUT2D eigenvalue weighted by molar-refractivity contribution is -0.159. The molecule has 1 nitrogen and oxygen atoms in total. The third-order valence-electron chi connectivity index (χ3n) is 1.63. The van der Waals surface area contributed by atoms with Crippen LogP contribution in [0.3, 0.4) is 0 Å². The molecule has 0 atom stereocenters. The maximum Gasteiger partial charge on any atom is 0.402 e. The van der Waals surface area contributed by atoms with E-state index in [9.17, 15) is 8.78 Å². The van der Waals surface area contributed by atoms with Gasteiger partial charge in [-0.2, -0.15) is 8.78 Å². The lowest BCUT2D eigenvalue weighted by Crippen LogP contribution is -2.20. The number of rotatable bonds is 0. The normalized spacial score (nSPS) is 16.6. The third-order valence-corrected chi connectivity index (χ3v) is 1.63. The topological polar surface area (TPSA) is 9.23 Å². The Morgan fingerprint density at radius 3 is 2.46 bits per heavy atom. The number of hydrogen-bond donors (Lipinski definition) is 0. The van der Waals surface area contributed by atoms with E-state index in [0.717, 1.165) is 0 Å². The second-order valence-corrected chi connectivity index (χ2v) is 2.52. The number of halogens is 2. The molecule has 1 aliphatic rings. The molecule has 0 N–H and O–H groups in total. The predicted octanol–water partition coefficient (Wildman–Crippen LogP) is 3.24. The number of benzene rings is 1. The standard InChI is InChI=1S/C8H6F2O.C2H6/c9-8(10)5-6-3-1-2-4-7(6)11-8;1-2/h1-4H,5H2;1-2H3. The van der Waals surface area contributed by atoms with Crippen LogP contribution in [0.5, 0.6) is 5.75 Å². The average molecular weight is 186 g/mol. The highest BCUT2D eigenvalue weighted by Crippen LogP contribution is 2.36. The first-order valence-electron chi connectivity index (χ1n) is 4.32. The molecule has 72 valence electrons. The summed E-state index contributed by atoms with van der Waals surface area (Å²) in [6.07, 6.45) is -3.30. The molecule has 0 fully saturated rings. The first-order chi connectivity index (χ1) is 6.17. The summed E-state index contributed by atoms with van der Waals surface area (Å²) < 4.78 is 29.4. The quantitative estimate of drug-likeness (QED) is 0.604. The predicted molar refractivity (Wildman–Crippen MR) is 47.1 cm³/mol. The summed E-state index contributed by atoms with van der Waals surface area (Å²) in [5.41, 5.74) is 0.581. The monoisotopic (exact) mass is 186 g/mol. The van der Waals surface area contributed by atoms with Crippen LogP contribution < -0.4 is 4.74 Å². The van der Waals surface area contributed by atoms with Crippen LogP contribution in [0.2, 0.25) is 0 Å². The van der Waals surface area contributed by atoms with Crippen molar-refractivity contribution in [3.63, 3.8) is 0 Å². The van der Waals surface area contributed by atoms with E-state index in [1.54, 1.807) is 24.3 Å². The summed E-state index contributed by atoms with van der Waals surface area (Å²) in [5.74, 6) is 0.303. The van der Waals surface area contributed by atoms with Gasteiger partial charge in [-0.05, 0) is 6.07 Å². The van der Waals surface area contributed by atoms with E-state index in [0.29, 0.717) is 11.3 Å². The highest BCUT2D eigenvalue weighted by atomic mass is 19.3. The Labute approximate surface area is 76.3 Å². The number of para-hydroxylation sites is 1. The highest BCUT2D eigenvalue weighted by molar-refractivity contribution is 5.37. The van der Waals surface area contributed by atoms with Gasteiger partial charge in [-0.1, -0.05) is 32.0 Å². The molecular weight excluding hydrogens is 174 g/mol. The number of alkyl halides is 2. The summed E-state index contributed by atoms with van der Waals surface area (Å²) in [6, 6.07) is 6.61. The first-order valence-corrected chi connectivity index (χ1v) is 4.32. The van der Waals surface area contributed by atoms with E-state index in [2.05, 4.69) is 4.74 Å². The van der Waals surface area contributed by atoms with Gasteiger partial charge in [0.25, 0.3) is 0 Å². The van der Waals surface area contributed by atoms with E-state index in [1.807, 2.05) is 13.8 Å². The second-order valence-electron chi connectivity index (χ2n) is 2.52. The molecule has 0 bridgehead atoms. The Balaban J connectivity index is 0.000000396. The molecule has 0 saturated carbocycles. The molecule has 0 radical (unpaired) electrons. The lowest BCUT2D eigenvalue weighted by atomic mass is 10.2. The molecule has 1 aromatic carbocycles. The molecule has 0 saturated heterocycles. The molecule has 0 unspecified atom stereocenters. The number of ether oxygens (including phenoxy) is 1. The van der Waals surface area contributed by atoms with Crippen LogP contribution in [0.15, 0.2) is 24.3 Å². The van der Waals surface area contributed by atoms with E-state index in [4.69, 9.17) is 0 Å². The number of hydrogen-bond acceptors (Lipinski definition) is 1. The second kappa shape index (κ2) is 3.73. The van der Waals surface area contributed by atoms with E-state index in [-0.39, 0.29) is 6.42 Å². The molecule has 1 aliphatic heterocycles. The van der Waals surface area contributed by atoms with Gasteiger partial charge in [0.2, 0.25) is 0 Å². The Bertz CT molecular complexity index is 257. The van der Waals surface area contributed by atoms with Crippen LogP contribution >= 0.6 is 0 Å². The van der Waals surface area contributed by atoms with Crippen molar-refractivity contribution in [3.8, 4) is 5.75 Å². The van der Waals surface area contributed by atoms with Gasteiger partial charge < -0.3 is 4.74 Å². The summed E-state index contributed by atoms with van der Waals surface area (Å²) in [7, 11) is 0. The van der Waals surface area contributed by atoms with Crippen molar-refractivity contribution < 1.29 is 13.5 Å². The van der Waals surface area contributed by atoms with Crippen LogP contribution in [0.25, 0.3) is 0 Å². The Morgan fingerprint density at radius 1 is 1.23 bits per heavy atom. The maximum absolute atomic E-state index is 12.5. The minimum atomic E-state index is -3.00. The van der Waals surface area contributed by atoms with Crippen LogP contribution in [0.1, 0.15) is 19.4 Å². The first kappa shape index (κ1) is 9.96. The minimum Gasteiger partial charge on any atom is -0.432 e. The fraction of sp³-hybridized carbons (Fsp3) is 0.400. The average Bonchev–Trinajstić information content (AvgIpc) is 2.41. The molecule has 1 aromatic rings. The van der Waals surface area contributed by atoms with Crippen molar-refractivity contribution in [2.45, 2.75) is 26.4 Å². The lowest BCUT2D eigenvalue weighted by Gasteiger charge is -2.06. The molecule has 0 amide bonds. The largest absolute Gasteiger partial charge is 0.432 e. The van der Waals surface area contributed by atoms with Gasteiger partial charge in [-0.25, -0.2) is 0 Å². The molecule has 2 rings (SSSR count). The van der Waals surface area contributed by atoms with Crippen LogP contribution in [-0.4, -0.2) is 6.11 Å². The number of fused-ring (bicyclic) bond motifs is 1. The Kier molecular flexibility index (Phi) is 2.86. The summed E-state index contributed by atoms with van der Waals surface area (Å²) in [5, 5.41) is 0. The smallest absolute Gasteiger partial charge is 0.402 e. The van der Waals surface area contributed by atoms with Crippen LogP contribution in [-0.2, 0) is 6.42 Å². The van der Waals surface area contributed by atoms with Crippen LogP contribution in [0, 0.1) is 0 Å². The molecule has 0 aromatic heterocycles. The van der Waals surface area contributed by atoms with Crippen molar-refractivity contribution in [1.82, 2.24) is 0 Å². The zero-order chi connectivity index (χ0) is 9.90. The van der Waals surface area contributed by atoms with Gasteiger partial charge in [-0.15, -0.1) is 0 Å². The molecule has 0 aliphatic carbocycles. The minimum absolute atomic E-state index is 0.302. The van der Waals surface area contributed by atoms with E-state index < -0.39 is 6.11 Å².